The Morgan fingerprint density at radius 1 is 1.32 bits per heavy atom. The van der Waals surface area contributed by atoms with Crippen LogP contribution in [0.2, 0.25) is 0 Å². The van der Waals surface area contributed by atoms with Crippen LogP contribution in [0.25, 0.3) is 0 Å². The molecule has 0 amide bonds. The Balaban J connectivity index is 2.31. The molecule has 1 N–H and O–H groups in total. The van der Waals surface area contributed by atoms with Gasteiger partial charge in [-0.05, 0) is 19.1 Å². The summed E-state index contributed by atoms with van der Waals surface area (Å²) in [7, 11) is 0. The molecular weight excluding hydrogens is 251 g/mol. The number of benzene rings is 1. The fourth-order valence-electron chi connectivity index (χ4n) is 1.81. The molecule has 100 valence electrons. The van der Waals surface area contributed by atoms with Gasteiger partial charge in [-0.3, -0.25) is 9.13 Å². The van der Waals surface area contributed by atoms with E-state index in [1.165, 1.54) is 21.3 Å². The maximum atomic E-state index is 13.7. The SMILES string of the molecule is CCn1ccn(Cc2ccc(C(=O)O)cc2F)c1=O. The molecule has 0 atom stereocenters. The number of carbonyl (C=O) groups is 1. The average Bonchev–Trinajstić information content (AvgIpc) is 2.72. The number of aromatic carboxylic acids is 1. The number of rotatable bonds is 4. The Hall–Kier alpha value is -2.37. The third kappa shape index (κ3) is 2.57. The molecule has 1 heterocycles. The highest BCUT2D eigenvalue weighted by molar-refractivity contribution is 5.87. The van der Waals surface area contributed by atoms with Crippen LogP contribution in [0.1, 0.15) is 22.8 Å². The lowest BCUT2D eigenvalue weighted by Crippen LogP contribution is -2.24. The maximum Gasteiger partial charge on any atom is 0.335 e. The monoisotopic (exact) mass is 264 g/mol. The molecule has 0 bridgehead atoms. The standard InChI is InChI=1S/C13H13FN2O3/c1-2-15-5-6-16(13(15)19)8-10-4-3-9(12(17)18)7-11(10)14/h3-7H,2,8H2,1H3,(H,17,18). The van der Waals surface area contributed by atoms with Crippen LogP contribution in [0.15, 0.2) is 35.4 Å². The highest BCUT2D eigenvalue weighted by Gasteiger charge is 2.10. The molecule has 0 aliphatic carbocycles. The zero-order valence-electron chi connectivity index (χ0n) is 10.3. The van der Waals surface area contributed by atoms with Gasteiger partial charge in [0.2, 0.25) is 0 Å². The Morgan fingerprint density at radius 3 is 2.53 bits per heavy atom. The highest BCUT2D eigenvalue weighted by atomic mass is 19.1. The van der Waals surface area contributed by atoms with E-state index in [1.54, 1.807) is 12.4 Å². The summed E-state index contributed by atoms with van der Waals surface area (Å²) < 4.78 is 16.6. The van der Waals surface area contributed by atoms with Gasteiger partial charge in [-0.15, -0.1) is 0 Å². The Morgan fingerprint density at radius 2 is 2.00 bits per heavy atom. The molecule has 0 saturated carbocycles. The van der Waals surface area contributed by atoms with E-state index in [0.717, 1.165) is 6.07 Å². The van der Waals surface area contributed by atoms with E-state index < -0.39 is 11.8 Å². The number of hydrogen-bond donors (Lipinski definition) is 1. The van der Waals surface area contributed by atoms with Crippen LogP contribution in [-0.4, -0.2) is 20.2 Å². The number of carboxylic acids is 1. The summed E-state index contributed by atoms with van der Waals surface area (Å²) in [5.41, 5.74) is -0.0510. The molecule has 0 fully saturated rings. The summed E-state index contributed by atoms with van der Waals surface area (Å²) in [4.78, 5) is 22.5. The summed E-state index contributed by atoms with van der Waals surface area (Å²) in [6, 6.07) is 3.66. The Bertz CT molecular complexity index is 673. The number of aryl methyl sites for hydroxylation is 1. The molecule has 0 radical (unpaired) electrons. The Kier molecular flexibility index (Phi) is 3.50. The Labute approximate surface area is 108 Å². The van der Waals surface area contributed by atoms with Gasteiger partial charge in [0.1, 0.15) is 5.82 Å². The molecule has 0 unspecified atom stereocenters. The van der Waals surface area contributed by atoms with Gasteiger partial charge in [-0.1, -0.05) is 6.07 Å². The predicted molar refractivity (Wildman–Crippen MR) is 66.8 cm³/mol. The van der Waals surface area contributed by atoms with Crippen LogP contribution in [0.3, 0.4) is 0 Å². The number of halogens is 1. The van der Waals surface area contributed by atoms with E-state index in [-0.39, 0.29) is 23.4 Å². The van der Waals surface area contributed by atoms with Crippen molar-refractivity contribution in [3.8, 4) is 0 Å². The van der Waals surface area contributed by atoms with Crippen molar-refractivity contribution in [1.29, 1.82) is 0 Å². The second kappa shape index (κ2) is 5.09. The van der Waals surface area contributed by atoms with Crippen molar-refractivity contribution in [3.05, 3.63) is 58.0 Å². The summed E-state index contributed by atoms with van der Waals surface area (Å²) in [6.45, 7) is 2.47. The molecule has 2 aromatic rings. The lowest BCUT2D eigenvalue weighted by Gasteiger charge is -2.05. The number of nitrogens with zero attached hydrogens (tertiary/aromatic N) is 2. The van der Waals surface area contributed by atoms with Crippen molar-refractivity contribution >= 4 is 5.97 Å². The van der Waals surface area contributed by atoms with Gasteiger partial charge >= 0.3 is 11.7 Å². The van der Waals surface area contributed by atoms with Crippen LogP contribution in [0.5, 0.6) is 0 Å². The maximum absolute atomic E-state index is 13.7. The van der Waals surface area contributed by atoms with Gasteiger partial charge in [0, 0.05) is 24.5 Å². The minimum absolute atomic E-state index is 0.0809. The number of carboxylic acid groups (broad SMARTS) is 1. The summed E-state index contributed by atoms with van der Waals surface area (Å²) in [5.74, 6) is -1.81. The normalized spacial score (nSPS) is 10.6. The van der Waals surface area contributed by atoms with E-state index in [2.05, 4.69) is 0 Å². The molecular formula is C13H13FN2O3. The number of hydrogen-bond acceptors (Lipinski definition) is 2. The average molecular weight is 264 g/mol. The quantitative estimate of drug-likeness (QED) is 0.911. The lowest BCUT2D eigenvalue weighted by atomic mass is 10.1. The van der Waals surface area contributed by atoms with Crippen LogP contribution >= 0.6 is 0 Å². The second-order valence-corrected chi connectivity index (χ2v) is 4.11. The van der Waals surface area contributed by atoms with Gasteiger partial charge < -0.3 is 5.11 Å². The first-order chi connectivity index (χ1) is 9.02. The van der Waals surface area contributed by atoms with Gasteiger partial charge in [0.15, 0.2) is 0 Å². The minimum Gasteiger partial charge on any atom is -0.478 e. The smallest absolute Gasteiger partial charge is 0.335 e. The molecule has 0 aliphatic heterocycles. The molecule has 6 heteroatoms. The van der Waals surface area contributed by atoms with Crippen molar-refractivity contribution in [2.24, 2.45) is 0 Å². The van der Waals surface area contributed by atoms with Gasteiger partial charge in [-0.2, -0.15) is 0 Å². The van der Waals surface area contributed by atoms with Crippen LogP contribution in [-0.2, 0) is 13.1 Å². The second-order valence-electron chi connectivity index (χ2n) is 4.11. The fraction of sp³-hybridized carbons (Fsp3) is 0.231. The molecule has 0 saturated heterocycles. The summed E-state index contributed by atoms with van der Waals surface area (Å²) in [5, 5.41) is 8.74. The van der Waals surface area contributed by atoms with Gasteiger partial charge in [0.25, 0.3) is 0 Å². The van der Waals surface area contributed by atoms with Crippen LogP contribution in [0, 0.1) is 5.82 Å². The molecule has 5 nitrogen and oxygen atoms in total. The van der Waals surface area contributed by atoms with E-state index in [4.69, 9.17) is 5.11 Å². The predicted octanol–water partition coefficient (Wildman–Crippen LogP) is 1.56. The van der Waals surface area contributed by atoms with E-state index >= 15 is 0 Å². The summed E-state index contributed by atoms with van der Waals surface area (Å²) >= 11 is 0. The topological polar surface area (TPSA) is 64.2 Å². The molecule has 1 aromatic heterocycles. The van der Waals surface area contributed by atoms with Crippen molar-refractivity contribution < 1.29 is 14.3 Å². The lowest BCUT2D eigenvalue weighted by molar-refractivity contribution is 0.0696. The first kappa shape index (κ1) is 13.1. The third-order valence-corrected chi connectivity index (χ3v) is 2.90. The highest BCUT2D eigenvalue weighted by Crippen LogP contribution is 2.11. The van der Waals surface area contributed by atoms with Crippen LogP contribution < -0.4 is 5.69 Å². The first-order valence-corrected chi connectivity index (χ1v) is 5.80. The zero-order chi connectivity index (χ0) is 14.0. The van der Waals surface area contributed by atoms with E-state index in [1.807, 2.05) is 6.92 Å². The fourth-order valence-corrected chi connectivity index (χ4v) is 1.81. The molecule has 0 spiro atoms. The van der Waals surface area contributed by atoms with E-state index in [9.17, 15) is 14.0 Å². The van der Waals surface area contributed by atoms with Crippen molar-refractivity contribution in [2.75, 3.05) is 0 Å². The largest absolute Gasteiger partial charge is 0.478 e. The minimum atomic E-state index is -1.18. The van der Waals surface area contributed by atoms with E-state index in [0.29, 0.717) is 6.54 Å². The third-order valence-electron chi connectivity index (χ3n) is 2.90. The number of aromatic nitrogens is 2. The van der Waals surface area contributed by atoms with Gasteiger partial charge in [-0.25, -0.2) is 14.0 Å². The van der Waals surface area contributed by atoms with Gasteiger partial charge in [0.05, 0.1) is 12.1 Å². The van der Waals surface area contributed by atoms with Crippen molar-refractivity contribution in [3.63, 3.8) is 0 Å². The summed E-state index contributed by atoms with van der Waals surface area (Å²) in [6.07, 6.45) is 3.21. The number of imidazole rings is 1. The first-order valence-electron chi connectivity index (χ1n) is 5.80. The molecule has 1 aromatic carbocycles. The molecule has 2 rings (SSSR count). The van der Waals surface area contributed by atoms with Crippen molar-refractivity contribution in [2.45, 2.75) is 20.0 Å². The van der Waals surface area contributed by atoms with Crippen LogP contribution in [0.4, 0.5) is 4.39 Å². The molecule has 0 aliphatic rings. The van der Waals surface area contributed by atoms with Crippen molar-refractivity contribution in [1.82, 2.24) is 9.13 Å². The molecule has 19 heavy (non-hydrogen) atoms. The zero-order valence-corrected chi connectivity index (χ0v) is 10.3.